The summed E-state index contributed by atoms with van der Waals surface area (Å²) < 4.78 is 5.32. The maximum Gasteiger partial charge on any atom is 0.249 e. The third-order valence-electron chi connectivity index (χ3n) is 5.00. The van der Waals surface area contributed by atoms with Gasteiger partial charge in [0, 0.05) is 18.0 Å². The molecule has 0 bridgehead atoms. The molecule has 1 saturated heterocycles. The predicted molar refractivity (Wildman–Crippen MR) is 83.2 cm³/mol. The lowest BCUT2D eigenvalue weighted by molar-refractivity contribution is -0.143. The first kappa shape index (κ1) is 15.0. The van der Waals surface area contributed by atoms with Gasteiger partial charge in [0.2, 0.25) is 23.5 Å². The van der Waals surface area contributed by atoms with Gasteiger partial charge in [-0.15, -0.1) is 0 Å². The van der Waals surface area contributed by atoms with Gasteiger partial charge in [-0.25, -0.2) is 0 Å². The number of aromatic nitrogens is 3. The molecular weight excluding hydrogens is 308 g/mol. The normalized spacial score (nSPS) is 25.0. The Morgan fingerprint density at radius 2 is 1.75 bits per heavy atom. The van der Waals surface area contributed by atoms with E-state index in [9.17, 15) is 9.59 Å². The van der Waals surface area contributed by atoms with Crippen molar-refractivity contribution in [1.29, 1.82) is 0 Å². The summed E-state index contributed by atoms with van der Waals surface area (Å²) >= 11 is 0. The van der Waals surface area contributed by atoms with Crippen LogP contribution in [0, 0.1) is 11.8 Å². The molecule has 4 rings (SSSR count). The smallest absolute Gasteiger partial charge is 0.249 e. The van der Waals surface area contributed by atoms with Crippen LogP contribution in [0.15, 0.2) is 29.0 Å². The maximum absolute atomic E-state index is 12.6. The van der Waals surface area contributed by atoms with Crippen molar-refractivity contribution in [2.24, 2.45) is 11.8 Å². The summed E-state index contributed by atoms with van der Waals surface area (Å²) in [5.74, 6) is 0.173. The molecule has 24 heavy (non-hydrogen) atoms. The Hall–Kier alpha value is -2.57. The molecule has 2 aromatic rings. The lowest BCUT2D eigenvalue weighted by Gasteiger charge is -2.19. The first-order chi connectivity index (χ1) is 11.7. The van der Waals surface area contributed by atoms with Crippen LogP contribution in [0.5, 0.6) is 0 Å². The lowest BCUT2D eigenvalue weighted by atomic mass is 9.81. The molecule has 1 aliphatic heterocycles. The number of fused-ring (bicyclic) bond motifs is 1. The number of pyridine rings is 1. The number of hydrogen-bond donors (Lipinski definition) is 0. The van der Waals surface area contributed by atoms with E-state index in [-0.39, 0.29) is 29.5 Å². The van der Waals surface area contributed by atoms with Gasteiger partial charge >= 0.3 is 0 Å². The summed E-state index contributed by atoms with van der Waals surface area (Å²) in [5, 5.41) is 3.96. The highest BCUT2D eigenvalue weighted by Crippen LogP contribution is 2.41. The van der Waals surface area contributed by atoms with Crippen molar-refractivity contribution in [2.75, 3.05) is 0 Å². The molecule has 3 atom stereocenters. The van der Waals surface area contributed by atoms with Crippen LogP contribution in [0.4, 0.5) is 0 Å². The minimum Gasteiger partial charge on any atom is -0.337 e. The van der Waals surface area contributed by atoms with Crippen LogP contribution in [0.1, 0.15) is 44.5 Å². The van der Waals surface area contributed by atoms with Gasteiger partial charge in [0.1, 0.15) is 6.04 Å². The zero-order valence-electron chi connectivity index (χ0n) is 13.4. The van der Waals surface area contributed by atoms with E-state index in [1.807, 2.05) is 0 Å². The van der Waals surface area contributed by atoms with Gasteiger partial charge in [0.05, 0.1) is 11.8 Å². The van der Waals surface area contributed by atoms with Crippen molar-refractivity contribution >= 4 is 11.8 Å². The van der Waals surface area contributed by atoms with Gasteiger partial charge in [0.25, 0.3) is 0 Å². The molecule has 2 fully saturated rings. The monoisotopic (exact) mass is 326 g/mol. The van der Waals surface area contributed by atoms with Crippen molar-refractivity contribution in [2.45, 2.75) is 38.6 Å². The first-order valence-corrected chi connectivity index (χ1v) is 8.27. The van der Waals surface area contributed by atoms with Crippen LogP contribution in [0.2, 0.25) is 0 Å². The summed E-state index contributed by atoms with van der Waals surface area (Å²) in [6.45, 7) is 1.76. The number of carbonyl (C=O) groups is 2. The highest BCUT2D eigenvalue weighted by atomic mass is 16.5. The van der Waals surface area contributed by atoms with Crippen molar-refractivity contribution in [3.63, 3.8) is 0 Å². The molecule has 0 radical (unpaired) electrons. The van der Waals surface area contributed by atoms with E-state index >= 15 is 0 Å². The number of hydrogen-bond acceptors (Lipinski definition) is 6. The van der Waals surface area contributed by atoms with Gasteiger partial charge in [0.15, 0.2) is 0 Å². The Labute approximate surface area is 139 Å². The van der Waals surface area contributed by atoms with Gasteiger partial charge in [-0.2, -0.15) is 4.98 Å². The standard InChI is InChI=1S/C17H18N4O3/c1-10(15-19-14(20-24-15)11-6-8-18-9-7-11)21-16(22)12-4-2-3-5-13(12)17(21)23/h6-10,12-13H,2-5H2,1H3. The van der Waals surface area contributed by atoms with Gasteiger partial charge in [-0.1, -0.05) is 18.0 Å². The number of likely N-dealkylation sites (tertiary alicyclic amines) is 1. The fourth-order valence-corrected chi connectivity index (χ4v) is 3.70. The molecule has 2 amide bonds. The molecule has 7 nitrogen and oxygen atoms in total. The SMILES string of the molecule is CC(c1nc(-c2ccncc2)no1)N1C(=O)C2CCCCC2C1=O. The molecule has 2 aromatic heterocycles. The Bertz CT molecular complexity index is 749. The van der Waals surface area contributed by atoms with E-state index in [0.29, 0.717) is 5.82 Å². The van der Waals surface area contributed by atoms with E-state index in [0.717, 1.165) is 31.2 Å². The van der Waals surface area contributed by atoms with E-state index < -0.39 is 6.04 Å². The quantitative estimate of drug-likeness (QED) is 0.804. The largest absolute Gasteiger partial charge is 0.337 e. The van der Waals surface area contributed by atoms with Crippen LogP contribution < -0.4 is 0 Å². The molecule has 0 aromatic carbocycles. The van der Waals surface area contributed by atoms with Crippen LogP contribution in [-0.2, 0) is 9.59 Å². The number of amides is 2. The third-order valence-corrected chi connectivity index (χ3v) is 5.00. The Morgan fingerprint density at radius 1 is 1.12 bits per heavy atom. The van der Waals surface area contributed by atoms with Gasteiger partial charge < -0.3 is 4.52 Å². The number of imide groups is 1. The zero-order chi connectivity index (χ0) is 16.7. The summed E-state index contributed by atoms with van der Waals surface area (Å²) in [6.07, 6.45) is 6.90. The molecule has 0 N–H and O–H groups in total. The second-order valence-corrected chi connectivity index (χ2v) is 6.41. The molecule has 3 unspecified atom stereocenters. The average Bonchev–Trinajstić information content (AvgIpc) is 3.20. The maximum atomic E-state index is 12.6. The van der Waals surface area contributed by atoms with Crippen molar-refractivity contribution in [3.05, 3.63) is 30.4 Å². The molecule has 7 heteroatoms. The van der Waals surface area contributed by atoms with E-state index in [2.05, 4.69) is 15.1 Å². The average molecular weight is 326 g/mol. The first-order valence-electron chi connectivity index (χ1n) is 8.27. The van der Waals surface area contributed by atoms with Gasteiger partial charge in [-0.05, 0) is 31.9 Å². The second-order valence-electron chi connectivity index (χ2n) is 6.41. The van der Waals surface area contributed by atoms with Crippen molar-refractivity contribution in [3.8, 4) is 11.4 Å². The number of nitrogens with zero attached hydrogens (tertiary/aromatic N) is 4. The Morgan fingerprint density at radius 3 is 2.38 bits per heavy atom. The zero-order valence-corrected chi connectivity index (χ0v) is 13.4. The summed E-state index contributed by atoms with van der Waals surface area (Å²) in [7, 11) is 0. The lowest BCUT2D eigenvalue weighted by Crippen LogP contribution is -2.34. The molecule has 1 saturated carbocycles. The Balaban J connectivity index is 1.60. The molecule has 0 spiro atoms. The fraction of sp³-hybridized carbons (Fsp3) is 0.471. The summed E-state index contributed by atoms with van der Waals surface area (Å²) in [6, 6.07) is 3.01. The van der Waals surface area contributed by atoms with Crippen LogP contribution in [0.25, 0.3) is 11.4 Å². The molecule has 2 aliphatic rings. The highest BCUT2D eigenvalue weighted by Gasteiger charge is 2.50. The van der Waals surface area contributed by atoms with Crippen molar-refractivity contribution < 1.29 is 14.1 Å². The van der Waals surface area contributed by atoms with E-state index in [4.69, 9.17) is 4.52 Å². The highest BCUT2D eigenvalue weighted by molar-refractivity contribution is 6.05. The molecule has 124 valence electrons. The minimum absolute atomic E-state index is 0.0964. The number of rotatable bonds is 3. The van der Waals surface area contributed by atoms with Crippen LogP contribution in [0.3, 0.4) is 0 Å². The van der Waals surface area contributed by atoms with Crippen LogP contribution >= 0.6 is 0 Å². The Kier molecular flexibility index (Phi) is 3.63. The molecule has 3 heterocycles. The topological polar surface area (TPSA) is 89.2 Å². The predicted octanol–water partition coefficient (Wildman–Crippen LogP) is 2.37. The van der Waals surface area contributed by atoms with Crippen molar-refractivity contribution in [1.82, 2.24) is 20.0 Å². The van der Waals surface area contributed by atoms with E-state index in [1.165, 1.54) is 4.90 Å². The minimum atomic E-state index is -0.543. The summed E-state index contributed by atoms with van der Waals surface area (Å²) in [4.78, 5) is 34.9. The molecule has 1 aliphatic carbocycles. The second kappa shape index (κ2) is 5.81. The van der Waals surface area contributed by atoms with Crippen LogP contribution in [-0.4, -0.2) is 31.8 Å². The number of carbonyl (C=O) groups excluding carboxylic acids is 2. The fourth-order valence-electron chi connectivity index (χ4n) is 3.70. The third kappa shape index (κ3) is 2.31. The summed E-state index contributed by atoms with van der Waals surface area (Å²) in [5.41, 5.74) is 0.778. The van der Waals surface area contributed by atoms with E-state index in [1.54, 1.807) is 31.5 Å². The van der Waals surface area contributed by atoms with Gasteiger partial charge in [-0.3, -0.25) is 19.5 Å². The molecular formula is C17H18N4O3.